The zero-order chi connectivity index (χ0) is 14.1. The fourth-order valence-electron chi connectivity index (χ4n) is 1.86. The number of hydrogen-bond acceptors (Lipinski definition) is 4. The second kappa shape index (κ2) is 4.97. The Morgan fingerprint density at radius 3 is 2.90 bits per heavy atom. The summed E-state index contributed by atoms with van der Waals surface area (Å²) < 4.78 is 13.2. The third-order valence-electron chi connectivity index (χ3n) is 2.80. The molecule has 0 unspecified atom stereocenters. The van der Waals surface area contributed by atoms with Crippen molar-refractivity contribution in [2.45, 2.75) is 9.79 Å². The number of nitrogens with two attached hydrogens (primary N) is 1. The van der Waals surface area contributed by atoms with Crippen molar-refractivity contribution in [1.29, 1.82) is 0 Å². The first-order valence-corrected chi connectivity index (χ1v) is 6.65. The highest BCUT2D eigenvalue weighted by atomic mass is 32.2. The predicted octanol–water partition coefficient (Wildman–Crippen LogP) is 2.80. The van der Waals surface area contributed by atoms with E-state index in [-0.39, 0.29) is 11.4 Å². The normalized spacial score (nSPS) is 10.8. The first-order chi connectivity index (χ1) is 9.63. The molecule has 0 amide bonds. The van der Waals surface area contributed by atoms with Gasteiger partial charge in [0.25, 0.3) is 5.56 Å². The molecule has 0 bridgehead atoms. The van der Waals surface area contributed by atoms with Crippen LogP contribution in [0.25, 0.3) is 10.9 Å². The lowest BCUT2D eigenvalue weighted by atomic mass is 10.2. The van der Waals surface area contributed by atoms with Crippen molar-refractivity contribution in [2.24, 2.45) is 0 Å². The number of hydrogen-bond donors (Lipinski definition) is 2. The molecule has 0 saturated heterocycles. The number of nitrogens with zero attached hydrogens (tertiary/aromatic N) is 1. The van der Waals surface area contributed by atoms with E-state index in [4.69, 9.17) is 5.73 Å². The average Bonchev–Trinajstić information content (AvgIpc) is 2.41. The highest BCUT2D eigenvalue weighted by Gasteiger charge is 2.08. The van der Waals surface area contributed by atoms with Gasteiger partial charge in [-0.05, 0) is 30.3 Å². The van der Waals surface area contributed by atoms with Gasteiger partial charge in [0.1, 0.15) is 5.82 Å². The second-order valence-electron chi connectivity index (χ2n) is 4.20. The van der Waals surface area contributed by atoms with Crippen LogP contribution in [0.1, 0.15) is 0 Å². The van der Waals surface area contributed by atoms with Crippen molar-refractivity contribution in [1.82, 2.24) is 9.97 Å². The van der Waals surface area contributed by atoms with E-state index in [1.807, 2.05) is 0 Å². The fourth-order valence-corrected chi connectivity index (χ4v) is 2.78. The van der Waals surface area contributed by atoms with Gasteiger partial charge in [-0.2, -0.15) is 0 Å². The van der Waals surface area contributed by atoms with Crippen LogP contribution < -0.4 is 11.3 Å². The summed E-state index contributed by atoms with van der Waals surface area (Å²) in [7, 11) is 0. The molecule has 3 N–H and O–H groups in total. The van der Waals surface area contributed by atoms with Gasteiger partial charge in [0.05, 0.1) is 17.2 Å². The van der Waals surface area contributed by atoms with E-state index in [1.165, 1.54) is 30.2 Å². The van der Waals surface area contributed by atoms with Crippen LogP contribution in [-0.4, -0.2) is 9.97 Å². The summed E-state index contributed by atoms with van der Waals surface area (Å²) >= 11 is 1.33. The van der Waals surface area contributed by atoms with E-state index in [2.05, 4.69) is 9.97 Å². The lowest BCUT2D eigenvalue weighted by molar-refractivity contribution is 0.624. The summed E-state index contributed by atoms with van der Waals surface area (Å²) in [4.78, 5) is 19.7. The van der Waals surface area contributed by atoms with Crippen LogP contribution in [-0.2, 0) is 0 Å². The van der Waals surface area contributed by atoms with Crippen molar-refractivity contribution >= 4 is 28.4 Å². The summed E-state index contributed by atoms with van der Waals surface area (Å²) in [6, 6.07) is 9.56. The molecule has 0 aliphatic rings. The number of fused-ring (bicyclic) bond motifs is 1. The third-order valence-corrected chi connectivity index (χ3v) is 3.86. The minimum atomic E-state index is -0.302. The Morgan fingerprint density at radius 2 is 2.10 bits per heavy atom. The average molecular weight is 287 g/mol. The van der Waals surface area contributed by atoms with Crippen LogP contribution in [0, 0.1) is 5.82 Å². The highest BCUT2D eigenvalue weighted by Crippen LogP contribution is 2.33. The van der Waals surface area contributed by atoms with Gasteiger partial charge < -0.3 is 10.7 Å². The molecular weight excluding hydrogens is 277 g/mol. The molecule has 4 nitrogen and oxygen atoms in total. The van der Waals surface area contributed by atoms with E-state index in [9.17, 15) is 9.18 Å². The zero-order valence-corrected chi connectivity index (χ0v) is 11.1. The van der Waals surface area contributed by atoms with Gasteiger partial charge in [0.15, 0.2) is 0 Å². The molecule has 1 heterocycles. The number of aromatic amines is 1. The maximum absolute atomic E-state index is 13.2. The minimum absolute atomic E-state index is 0.232. The second-order valence-corrected chi connectivity index (χ2v) is 5.31. The van der Waals surface area contributed by atoms with Gasteiger partial charge in [-0.15, -0.1) is 0 Å². The lowest BCUT2D eigenvalue weighted by Gasteiger charge is -2.07. The van der Waals surface area contributed by atoms with Crippen molar-refractivity contribution in [3.8, 4) is 0 Å². The van der Waals surface area contributed by atoms with E-state index < -0.39 is 0 Å². The zero-order valence-electron chi connectivity index (χ0n) is 10.3. The van der Waals surface area contributed by atoms with Crippen LogP contribution in [0.5, 0.6) is 0 Å². The molecule has 100 valence electrons. The van der Waals surface area contributed by atoms with Gasteiger partial charge >= 0.3 is 0 Å². The third kappa shape index (κ3) is 2.37. The summed E-state index contributed by atoms with van der Waals surface area (Å²) in [6.45, 7) is 0. The summed E-state index contributed by atoms with van der Waals surface area (Å²) in [5, 5.41) is 0.439. The lowest BCUT2D eigenvalue weighted by Crippen LogP contribution is -2.07. The molecule has 0 radical (unpaired) electrons. The Bertz CT molecular complexity index is 847. The van der Waals surface area contributed by atoms with Crippen LogP contribution >= 0.6 is 11.8 Å². The molecule has 3 aromatic rings. The van der Waals surface area contributed by atoms with Gasteiger partial charge in [-0.3, -0.25) is 4.79 Å². The van der Waals surface area contributed by atoms with Gasteiger partial charge in [-0.25, -0.2) is 9.37 Å². The largest absolute Gasteiger partial charge is 0.398 e. The topological polar surface area (TPSA) is 71.8 Å². The smallest absolute Gasteiger partial charge is 0.258 e. The first kappa shape index (κ1) is 12.7. The predicted molar refractivity (Wildman–Crippen MR) is 77.3 cm³/mol. The number of nitrogens with one attached hydrogen (secondary N) is 1. The summed E-state index contributed by atoms with van der Waals surface area (Å²) in [6.07, 6.45) is 1.34. The molecule has 1 aromatic heterocycles. The SMILES string of the molecule is Nc1cc2c(=O)[nH]cnc2cc1Sc1cccc(F)c1. The van der Waals surface area contributed by atoms with E-state index >= 15 is 0 Å². The van der Waals surface area contributed by atoms with E-state index in [0.717, 1.165) is 9.79 Å². The van der Waals surface area contributed by atoms with Crippen LogP contribution in [0.4, 0.5) is 10.1 Å². The highest BCUT2D eigenvalue weighted by molar-refractivity contribution is 7.99. The first-order valence-electron chi connectivity index (χ1n) is 5.84. The summed E-state index contributed by atoms with van der Waals surface area (Å²) in [5.41, 5.74) is 6.73. The fraction of sp³-hybridized carbons (Fsp3) is 0. The molecule has 3 rings (SSSR count). The van der Waals surface area contributed by atoms with Crippen LogP contribution in [0.15, 0.2) is 57.3 Å². The molecule has 6 heteroatoms. The van der Waals surface area contributed by atoms with Crippen LogP contribution in [0.2, 0.25) is 0 Å². The molecule has 0 atom stereocenters. The molecular formula is C14H10FN3OS. The Morgan fingerprint density at radius 1 is 1.25 bits per heavy atom. The standard InChI is InChI=1S/C14H10FN3OS/c15-8-2-1-3-9(4-8)20-13-6-12-10(5-11(13)16)14(19)18-7-17-12/h1-7H,16H2,(H,17,18,19). The summed E-state index contributed by atoms with van der Waals surface area (Å²) in [5.74, 6) is -0.302. The quantitative estimate of drug-likeness (QED) is 0.711. The van der Waals surface area contributed by atoms with Crippen molar-refractivity contribution < 1.29 is 4.39 Å². The van der Waals surface area contributed by atoms with Crippen molar-refractivity contribution in [3.63, 3.8) is 0 Å². The maximum Gasteiger partial charge on any atom is 0.258 e. The molecule has 0 spiro atoms. The van der Waals surface area contributed by atoms with E-state index in [0.29, 0.717) is 16.6 Å². The monoisotopic (exact) mass is 287 g/mol. The number of nitrogen functional groups attached to an aromatic ring is 1. The van der Waals surface area contributed by atoms with Gasteiger partial charge in [-0.1, -0.05) is 17.8 Å². The minimum Gasteiger partial charge on any atom is -0.398 e. The Labute approximate surface area is 117 Å². The molecule has 0 saturated carbocycles. The number of benzene rings is 2. The van der Waals surface area contributed by atoms with Gasteiger partial charge in [0.2, 0.25) is 0 Å². The Hall–Kier alpha value is -2.34. The Balaban J connectivity index is 2.08. The molecule has 2 aromatic carbocycles. The number of halogens is 1. The van der Waals surface area contributed by atoms with Crippen molar-refractivity contribution in [2.75, 3.05) is 5.73 Å². The van der Waals surface area contributed by atoms with E-state index in [1.54, 1.807) is 24.3 Å². The molecule has 20 heavy (non-hydrogen) atoms. The molecule has 0 aliphatic carbocycles. The molecule has 0 aliphatic heterocycles. The maximum atomic E-state index is 13.2. The number of anilines is 1. The van der Waals surface area contributed by atoms with Crippen molar-refractivity contribution in [3.05, 3.63) is 58.9 Å². The number of rotatable bonds is 2. The Kier molecular flexibility index (Phi) is 3.15. The van der Waals surface area contributed by atoms with Gasteiger partial charge in [0, 0.05) is 15.5 Å². The van der Waals surface area contributed by atoms with Crippen LogP contribution in [0.3, 0.4) is 0 Å². The number of aromatic nitrogens is 2. The number of H-pyrrole nitrogens is 1. The molecule has 0 fully saturated rings.